The second-order valence-corrected chi connectivity index (χ2v) is 7.42. The van der Waals surface area contributed by atoms with E-state index in [0.717, 1.165) is 11.0 Å². The van der Waals surface area contributed by atoms with Gasteiger partial charge in [0.2, 0.25) is 5.13 Å². The third-order valence-corrected chi connectivity index (χ3v) is 5.41. The highest BCUT2D eigenvalue weighted by Crippen LogP contribution is 2.33. The van der Waals surface area contributed by atoms with Crippen molar-refractivity contribution in [1.29, 1.82) is 5.26 Å². The Morgan fingerprint density at radius 3 is 2.88 bits per heavy atom. The molecule has 0 aliphatic heterocycles. The van der Waals surface area contributed by atoms with Gasteiger partial charge in [0.25, 0.3) is 0 Å². The number of hydrogen-bond donors (Lipinski definition) is 3. The van der Waals surface area contributed by atoms with Crippen LogP contribution in [0.5, 0.6) is 0 Å². The Bertz CT molecular complexity index is 906. The van der Waals surface area contributed by atoms with Crippen LogP contribution < -0.4 is 5.32 Å². The van der Waals surface area contributed by atoms with Crippen molar-refractivity contribution in [2.75, 3.05) is 12.4 Å². The molecule has 122 valence electrons. The SMILES string of the molecule is CNc1nnc(S[C@H](C)/C(O)=C(\C#N)c2nc3ccccc3[nH]2)s1. The number of para-hydroxylation sites is 2. The largest absolute Gasteiger partial charge is 0.510 e. The third-order valence-electron chi connectivity index (χ3n) is 3.28. The summed E-state index contributed by atoms with van der Waals surface area (Å²) in [6.45, 7) is 1.81. The number of nitriles is 1. The number of imidazole rings is 1. The lowest BCUT2D eigenvalue weighted by atomic mass is 10.2. The number of benzene rings is 1. The lowest BCUT2D eigenvalue weighted by Crippen LogP contribution is -2.04. The van der Waals surface area contributed by atoms with E-state index in [2.05, 4.69) is 25.5 Å². The number of hydrogen-bond acceptors (Lipinski definition) is 8. The molecule has 3 N–H and O–H groups in total. The van der Waals surface area contributed by atoms with E-state index in [1.165, 1.54) is 23.1 Å². The Labute approximate surface area is 146 Å². The first kappa shape index (κ1) is 16.3. The summed E-state index contributed by atoms with van der Waals surface area (Å²) in [5.41, 5.74) is 1.69. The number of aliphatic hydroxyl groups excluding tert-OH is 1. The summed E-state index contributed by atoms with van der Waals surface area (Å²) in [6, 6.07) is 9.51. The Morgan fingerprint density at radius 2 is 2.21 bits per heavy atom. The van der Waals surface area contributed by atoms with Crippen molar-refractivity contribution in [3.05, 3.63) is 35.8 Å². The lowest BCUT2D eigenvalue weighted by Gasteiger charge is -2.09. The van der Waals surface area contributed by atoms with Crippen LogP contribution in [-0.4, -0.2) is 37.6 Å². The van der Waals surface area contributed by atoms with Gasteiger partial charge in [-0.15, -0.1) is 10.2 Å². The minimum Gasteiger partial charge on any atom is -0.510 e. The summed E-state index contributed by atoms with van der Waals surface area (Å²) in [5, 5.41) is 31.2. The van der Waals surface area contributed by atoms with Gasteiger partial charge in [0.15, 0.2) is 10.2 Å². The van der Waals surface area contributed by atoms with Crippen molar-refractivity contribution in [2.24, 2.45) is 0 Å². The topological polar surface area (TPSA) is 111 Å². The van der Waals surface area contributed by atoms with E-state index in [4.69, 9.17) is 0 Å². The Balaban J connectivity index is 1.90. The maximum Gasteiger partial charge on any atom is 0.206 e. The second kappa shape index (κ2) is 6.90. The number of thioether (sulfide) groups is 1. The van der Waals surface area contributed by atoms with Crippen molar-refractivity contribution in [3.63, 3.8) is 0 Å². The number of aromatic nitrogens is 4. The molecule has 0 fully saturated rings. The van der Waals surface area contributed by atoms with E-state index in [-0.39, 0.29) is 16.6 Å². The van der Waals surface area contributed by atoms with Crippen molar-refractivity contribution >= 4 is 44.8 Å². The van der Waals surface area contributed by atoms with Crippen LogP contribution in [-0.2, 0) is 0 Å². The van der Waals surface area contributed by atoms with E-state index in [9.17, 15) is 10.4 Å². The first-order valence-electron chi connectivity index (χ1n) is 7.08. The van der Waals surface area contributed by atoms with Crippen LogP contribution in [0.2, 0.25) is 0 Å². The van der Waals surface area contributed by atoms with E-state index >= 15 is 0 Å². The number of aliphatic hydroxyl groups is 1. The van der Waals surface area contributed by atoms with Gasteiger partial charge >= 0.3 is 0 Å². The van der Waals surface area contributed by atoms with Gasteiger partial charge in [0.05, 0.1) is 16.3 Å². The molecule has 0 unspecified atom stereocenters. The second-order valence-electron chi connectivity index (χ2n) is 4.86. The molecular weight excluding hydrogens is 344 g/mol. The molecule has 1 atom stereocenters. The molecule has 1 aromatic carbocycles. The average Bonchev–Trinajstić information content (AvgIpc) is 3.21. The summed E-state index contributed by atoms with van der Waals surface area (Å²) < 4.78 is 0.709. The van der Waals surface area contributed by atoms with Crippen molar-refractivity contribution in [3.8, 4) is 6.07 Å². The van der Waals surface area contributed by atoms with Crippen LogP contribution in [0.4, 0.5) is 5.13 Å². The van der Waals surface area contributed by atoms with Crippen LogP contribution in [0.3, 0.4) is 0 Å². The van der Waals surface area contributed by atoms with Crippen LogP contribution >= 0.6 is 23.1 Å². The summed E-state index contributed by atoms with van der Waals surface area (Å²) in [4.78, 5) is 7.43. The fraction of sp³-hybridized carbons (Fsp3) is 0.200. The molecule has 2 aromatic heterocycles. The third kappa shape index (κ3) is 3.20. The zero-order valence-corrected chi connectivity index (χ0v) is 14.6. The summed E-state index contributed by atoms with van der Waals surface area (Å²) in [5.74, 6) is 0.319. The van der Waals surface area contributed by atoms with Gasteiger partial charge in [-0.2, -0.15) is 5.26 Å². The molecule has 0 bridgehead atoms. The first-order valence-corrected chi connectivity index (χ1v) is 8.78. The normalized spacial score (nSPS) is 13.4. The molecule has 0 spiro atoms. The summed E-state index contributed by atoms with van der Waals surface area (Å²) in [7, 11) is 1.77. The smallest absolute Gasteiger partial charge is 0.206 e. The maximum absolute atomic E-state index is 10.5. The van der Waals surface area contributed by atoms with E-state index in [1.807, 2.05) is 30.3 Å². The minimum atomic E-state index is -0.356. The number of allylic oxidation sites excluding steroid dienone is 1. The minimum absolute atomic E-state index is 0.0391. The fourth-order valence-corrected chi connectivity index (χ4v) is 3.98. The predicted octanol–water partition coefficient (Wildman–Crippen LogP) is 3.43. The Morgan fingerprint density at radius 1 is 1.42 bits per heavy atom. The number of rotatable bonds is 5. The van der Waals surface area contributed by atoms with Crippen LogP contribution in [0, 0.1) is 11.3 Å². The zero-order chi connectivity index (χ0) is 17.1. The molecule has 2 heterocycles. The first-order chi connectivity index (χ1) is 11.6. The number of nitrogens with zero attached hydrogens (tertiary/aromatic N) is 4. The Kier molecular flexibility index (Phi) is 4.69. The van der Waals surface area contributed by atoms with Gasteiger partial charge in [-0.25, -0.2) is 4.98 Å². The van der Waals surface area contributed by atoms with E-state index < -0.39 is 0 Å². The van der Waals surface area contributed by atoms with Gasteiger partial charge in [0, 0.05) is 7.05 Å². The molecule has 24 heavy (non-hydrogen) atoms. The van der Waals surface area contributed by atoms with E-state index in [0.29, 0.717) is 15.3 Å². The number of H-pyrrole nitrogens is 1. The molecule has 9 heteroatoms. The molecule has 0 radical (unpaired) electrons. The van der Waals surface area contributed by atoms with E-state index in [1.54, 1.807) is 14.0 Å². The molecule has 3 rings (SSSR count). The standard InChI is InChI=1S/C15H14N6OS2/c1-8(23-15-21-20-14(17-2)24-15)12(22)9(7-16)13-18-10-5-3-4-6-11(10)19-13/h3-6,8,22H,1-2H3,(H,17,20)(H,18,19)/b12-9-/t8-/m1/s1. The van der Waals surface area contributed by atoms with Gasteiger partial charge < -0.3 is 15.4 Å². The molecular formula is C15H14N6OS2. The quantitative estimate of drug-likeness (QED) is 0.364. The predicted molar refractivity (Wildman–Crippen MR) is 96.0 cm³/mol. The maximum atomic E-state index is 10.5. The monoisotopic (exact) mass is 358 g/mol. The molecule has 0 saturated heterocycles. The molecule has 0 amide bonds. The van der Waals surface area contributed by atoms with Crippen molar-refractivity contribution < 1.29 is 5.11 Å². The molecule has 7 nitrogen and oxygen atoms in total. The summed E-state index contributed by atoms with van der Waals surface area (Å²) >= 11 is 2.72. The van der Waals surface area contributed by atoms with Gasteiger partial charge in [-0.1, -0.05) is 35.2 Å². The number of nitrogens with one attached hydrogen (secondary N) is 2. The number of anilines is 1. The van der Waals surface area contributed by atoms with Crippen molar-refractivity contribution in [1.82, 2.24) is 20.2 Å². The van der Waals surface area contributed by atoms with Crippen LogP contribution in [0.25, 0.3) is 16.6 Å². The Hall–Kier alpha value is -2.57. The van der Waals surface area contributed by atoms with Crippen LogP contribution in [0.1, 0.15) is 12.7 Å². The van der Waals surface area contributed by atoms with Crippen LogP contribution in [0.15, 0.2) is 34.4 Å². The molecule has 0 saturated carbocycles. The highest BCUT2D eigenvalue weighted by Gasteiger charge is 2.20. The highest BCUT2D eigenvalue weighted by molar-refractivity contribution is 8.01. The summed E-state index contributed by atoms with van der Waals surface area (Å²) in [6.07, 6.45) is 0. The van der Waals surface area contributed by atoms with Gasteiger partial charge in [-0.05, 0) is 19.1 Å². The van der Waals surface area contributed by atoms with Gasteiger partial charge in [0.1, 0.15) is 17.4 Å². The van der Waals surface area contributed by atoms with Crippen molar-refractivity contribution in [2.45, 2.75) is 16.5 Å². The average molecular weight is 358 g/mol. The number of fused-ring (bicyclic) bond motifs is 1. The zero-order valence-electron chi connectivity index (χ0n) is 12.9. The molecule has 0 aliphatic rings. The fourth-order valence-electron chi connectivity index (χ4n) is 2.07. The lowest BCUT2D eigenvalue weighted by molar-refractivity contribution is 0.402. The molecule has 0 aliphatic carbocycles. The highest BCUT2D eigenvalue weighted by atomic mass is 32.2. The molecule has 3 aromatic rings. The van der Waals surface area contributed by atoms with Gasteiger partial charge in [-0.3, -0.25) is 0 Å². The number of aromatic amines is 1.